The van der Waals surface area contributed by atoms with Crippen LogP contribution in [0.4, 0.5) is 11.4 Å². The average Bonchev–Trinajstić information content (AvgIpc) is 2.86. The van der Waals surface area contributed by atoms with Crippen LogP contribution in [0.5, 0.6) is 5.75 Å². The van der Waals surface area contributed by atoms with Crippen LogP contribution in [0.2, 0.25) is 0 Å². The molecule has 0 saturated carbocycles. The number of hydrogen-bond acceptors (Lipinski definition) is 7. The number of hydrogen-bond donors (Lipinski definition) is 0. The molecule has 0 radical (unpaired) electrons. The van der Waals surface area contributed by atoms with Crippen molar-refractivity contribution >= 4 is 28.4 Å². The molecule has 170 valence electrons. The van der Waals surface area contributed by atoms with Gasteiger partial charge in [-0.15, -0.1) is 0 Å². The minimum Gasteiger partial charge on any atom is -0.488 e. The van der Waals surface area contributed by atoms with Crippen molar-refractivity contribution in [2.45, 2.75) is 13.2 Å². The minimum atomic E-state index is -0.461. The van der Waals surface area contributed by atoms with Crippen molar-refractivity contribution in [3.63, 3.8) is 0 Å². The van der Waals surface area contributed by atoms with Crippen LogP contribution >= 0.6 is 0 Å². The molecule has 0 saturated heterocycles. The third-order valence-electron chi connectivity index (χ3n) is 5.08. The van der Waals surface area contributed by atoms with Gasteiger partial charge in [0.05, 0.1) is 16.1 Å². The van der Waals surface area contributed by atoms with E-state index in [2.05, 4.69) is 5.16 Å². The quantitative estimate of drug-likeness (QED) is 0.178. The normalized spacial score (nSPS) is 10.9. The fourth-order valence-electron chi connectivity index (χ4n) is 3.37. The van der Waals surface area contributed by atoms with Gasteiger partial charge in [-0.3, -0.25) is 20.2 Å². The Morgan fingerprint density at radius 3 is 2.29 bits per heavy atom. The molecule has 0 fully saturated rings. The predicted octanol–water partition coefficient (Wildman–Crippen LogP) is 5.79. The summed E-state index contributed by atoms with van der Waals surface area (Å²) < 4.78 is 6.00. The zero-order valence-corrected chi connectivity index (χ0v) is 17.9. The molecule has 0 N–H and O–H groups in total. The van der Waals surface area contributed by atoms with Gasteiger partial charge in [-0.1, -0.05) is 47.6 Å². The third-order valence-corrected chi connectivity index (χ3v) is 5.08. The predicted molar refractivity (Wildman–Crippen MR) is 127 cm³/mol. The molecule has 0 amide bonds. The second kappa shape index (κ2) is 10.2. The summed E-state index contributed by atoms with van der Waals surface area (Å²) in [6.07, 6.45) is 1.55. The Hall–Kier alpha value is -4.79. The van der Waals surface area contributed by atoms with Gasteiger partial charge in [0.2, 0.25) is 0 Å². The Morgan fingerprint density at radius 2 is 1.53 bits per heavy atom. The smallest absolute Gasteiger partial charge is 0.269 e. The lowest BCUT2D eigenvalue weighted by Crippen LogP contribution is -2.00. The van der Waals surface area contributed by atoms with E-state index in [9.17, 15) is 20.2 Å². The highest BCUT2D eigenvalue weighted by Gasteiger charge is 2.10. The van der Waals surface area contributed by atoms with Crippen LogP contribution in [-0.2, 0) is 18.1 Å². The standard InChI is InChI=1S/C25H19N3O6/c29-27(30)21-11-8-18(9-12-21)16-33-25-13-10-20-5-1-2-7-23(20)24(25)15-26-34-17-19-4-3-6-22(14-19)28(31)32/h1-15H,16-17H2/b26-15-. The molecule has 0 heterocycles. The molecule has 9 heteroatoms. The van der Waals surface area contributed by atoms with Gasteiger partial charge in [-0.05, 0) is 40.1 Å². The molecule has 0 aliphatic rings. The highest BCUT2D eigenvalue weighted by atomic mass is 16.6. The number of nitro benzene ring substituents is 2. The first-order valence-corrected chi connectivity index (χ1v) is 10.3. The van der Waals surface area contributed by atoms with Crippen LogP contribution in [0.3, 0.4) is 0 Å². The van der Waals surface area contributed by atoms with Gasteiger partial charge in [0.15, 0.2) is 0 Å². The summed E-state index contributed by atoms with van der Waals surface area (Å²) in [5.41, 5.74) is 2.12. The van der Waals surface area contributed by atoms with Gasteiger partial charge in [-0.25, -0.2) is 0 Å². The second-order valence-corrected chi connectivity index (χ2v) is 7.35. The van der Waals surface area contributed by atoms with Crippen LogP contribution in [0, 0.1) is 20.2 Å². The molecule has 34 heavy (non-hydrogen) atoms. The monoisotopic (exact) mass is 457 g/mol. The molecule has 0 aliphatic carbocycles. The van der Waals surface area contributed by atoms with Crippen molar-refractivity contribution in [3.05, 3.63) is 122 Å². The zero-order valence-electron chi connectivity index (χ0n) is 17.9. The number of rotatable bonds is 9. The van der Waals surface area contributed by atoms with Crippen LogP contribution in [0.15, 0.2) is 90.1 Å². The maximum Gasteiger partial charge on any atom is 0.269 e. The number of benzene rings is 4. The first-order chi connectivity index (χ1) is 16.5. The first kappa shape index (κ1) is 22.4. The van der Waals surface area contributed by atoms with E-state index in [0.717, 1.165) is 16.3 Å². The molecule has 4 aromatic rings. The Morgan fingerprint density at radius 1 is 0.765 bits per heavy atom. The summed E-state index contributed by atoms with van der Waals surface area (Å²) in [7, 11) is 0. The SMILES string of the molecule is O=[N+]([O-])c1ccc(COc2ccc3ccccc3c2/C=N\OCc2cccc([N+](=O)[O-])c2)cc1. The number of ether oxygens (including phenoxy) is 1. The molecular weight excluding hydrogens is 438 g/mol. The molecule has 4 rings (SSSR count). The summed E-state index contributed by atoms with van der Waals surface area (Å²) in [6.45, 7) is 0.285. The van der Waals surface area contributed by atoms with Gasteiger partial charge >= 0.3 is 0 Å². The topological polar surface area (TPSA) is 117 Å². The van der Waals surface area contributed by atoms with E-state index < -0.39 is 9.85 Å². The zero-order chi connectivity index (χ0) is 23.9. The molecule has 0 spiro atoms. The van der Waals surface area contributed by atoms with Crippen molar-refractivity contribution in [3.8, 4) is 5.75 Å². The van der Waals surface area contributed by atoms with Gasteiger partial charge in [0.25, 0.3) is 11.4 Å². The summed E-state index contributed by atoms with van der Waals surface area (Å²) in [4.78, 5) is 26.3. The fraction of sp³-hybridized carbons (Fsp3) is 0.0800. The molecule has 0 atom stereocenters. The largest absolute Gasteiger partial charge is 0.488 e. The summed E-state index contributed by atoms with van der Waals surface area (Å²) in [6, 6.07) is 23.8. The van der Waals surface area contributed by atoms with E-state index in [1.54, 1.807) is 30.5 Å². The summed E-state index contributed by atoms with van der Waals surface area (Å²) in [5.74, 6) is 0.569. The van der Waals surface area contributed by atoms with Crippen molar-refractivity contribution in [1.29, 1.82) is 0 Å². The molecule has 0 unspecified atom stereocenters. The number of nitrogens with zero attached hydrogens (tertiary/aromatic N) is 3. The highest BCUT2D eigenvalue weighted by Crippen LogP contribution is 2.28. The Kier molecular flexibility index (Phi) is 6.73. The average molecular weight is 457 g/mol. The van der Waals surface area contributed by atoms with E-state index in [1.165, 1.54) is 24.3 Å². The lowest BCUT2D eigenvalue weighted by atomic mass is 10.0. The molecule has 0 aliphatic heterocycles. The number of fused-ring (bicyclic) bond motifs is 1. The fourth-order valence-corrected chi connectivity index (χ4v) is 3.37. The van der Waals surface area contributed by atoms with Crippen molar-refractivity contribution in [1.82, 2.24) is 0 Å². The van der Waals surface area contributed by atoms with Crippen LogP contribution in [0.25, 0.3) is 10.8 Å². The third kappa shape index (κ3) is 5.33. The lowest BCUT2D eigenvalue weighted by Gasteiger charge is -2.12. The molecule has 4 aromatic carbocycles. The lowest BCUT2D eigenvalue weighted by molar-refractivity contribution is -0.385. The molecular formula is C25H19N3O6. The number of oxime groups is 1. The van der Waals surface area contributed by atoms with Crippen molar-refractivity contribution in [2.24, 2.45) is 5.16 Å². The van der Waals surface area contributed by atoms with Gasteiger partial charge in [0.1, 0.15) is 19.0 Å². The number of non-ortho nitro benzene ring substituents is 2. The van der Waals surface area contributed by atoms with Crippen LogP contribution < -0.4 is 4.74 Å². The minimum absolute atomic E-state index is 0.0129. The molecule has 9 nitrogen and oxygen atoms in total. The van der Waals surface area contributed by atoms with Crippen LogP contribution in [0.1, 0.15) is 16.7 Å². The van der Waals surface area contributed by atoms with Gasteiger partial charge in [0, 0.05) is 29.8 Å². The Balaban J connectivity index is 1.52. The van der Waals surface area contributed by atoms with Crippen molar-refractivity contribution < 1.29 is 19.4 Å². The second-order valence-electron chi connectivity index (χ2n) is 7.35. The van der Waals surface area contributed by atoms with Gasteiger partial charge < -0.3 is 9.57 Å². The van der Waals surface area contributed by atoms with E-state index in [0.29, 0.717) is 16.9 Å². The van der Waals surface area contributed by atoms with Crippen molar-refractivity contribution in [2.75, 3.05) is 0 Å². The summed E-state index contributed by atoms with van der Waals surface area (Å²) in [5, 5.41) is 27.7. The maximum atomic E-state index is 10.9. The Bertz CT molecular complexity index is 1370. The molecule has 0 bridgehead atoms. The van der Waals surface area contributed by atoms with E-state index >= 15 is 0 Å². The van der Waals surface area contributed by atoms with Crippen LogP contribution in [-0.4, -0.2) is 16.1 Å². The highest BCUT2D eigenvalue weighted by molar-refractivity contribution is 6.02. The first-order valence-electron chi connectivity index (χ1n) is 10.3. The van der Waals surface area contributed by atoms with Gasteiger partial charge in [-0.2, -0.15) is 0 Å². The molecule has 0 aromatic heterocycles. The summed E-state index contributed by atoms with van der Waals surface area (Å²) >= 11 is 0. The number of nitro groups is 2. The Labute approximate surface area is 194 Å². The van der Waals surface area contributed by atoms with E-state index in [4.69, 9.17) is 9.57 Å². The van der Waals surface area contributed by atoms with E-state index in [-0.39, 0.29) is 24.6 Å². The maximum absolute atomic E-state index is 10.9. The van der Waals surface area contributed by atoms with E-state index in [1.807, 2.05) is 36.4 Å².